The fourth-order valence-corrected chi connectivity index (χ4v) is 7.00. The fraction of sp³-hybridized carbons (Fsp3) is 0.412. The molecule has 0 bridgehead atoms. The molecule has 0 unspecified atom stereocenters. The number of ketones is 3. The van der Waals surface area contributed by atoms with Gasteiger partial charge in [-0.25, -0.2) is 0 Å². The lowest BCUT2D eigenvalue weighted by Gasteiger charge is -2.43. The van der Waals surface area contributed by atoms with E-state index in [1.807, 2.05) is 0 Å². The maximum atomic E-state index is 13.9. The average molecular weight is 695 g/mol. The molecule has 6 N–H and O–H groups in total. The van der Waals surface area contributed by atoms with Gasteiger partial charge in [-0.15, -0.1) is 0 Å². The molecule has 2 aliphatic carbocycles. The van der Waals surface area contributed by atoms with E-state index in [4.69, 9.17) is 14.2 Å². The molecule has 1 fully saturated rings. The Hall–Kier alpha value is -5.00. The van der Waals surface area contributed by atoms with Gasteiger partial charge in [0.05, 0.1) is 42.0 Å². The summed E-state index contributed by atoms with van der Waals surface area (Å²) >= 11 is 0. The summed E-state index contributed by atoms with van der Waals surface area (Å²) in [6.45, 7) is 0.191. The first kappa shape index (κ1) is 34.8. The van der Waals surface area contributed by atoms with Crippen molar-refractivity contribution in [1.82, 2.24) is 10.2 Å². The lowest BCUT2D eigenvalue weighted by Crippen LogP contribution is -2.56. The number of carbonyl (C=O) groups is 6. The van der Waals surface area contributed by atoms with Gasteiger partial charge in [0.15, 0.2) is 17.9 Å². The Morgan fingerprint density at radius 2 is 1.72 bits per heavy atom. The lowest BCUT2D eigenvalue weighted by atomic mass is 9.72. The predicted octanol–water partition coefficient (Wildman–Crippen LogP) is -0.526. The van der Waals surface area contributed by atoms with E-state index in [2.05, 4.69) is 5.32 Å². The largest absolute Gasteiger partial charge is 0.507 e. The quantitative estimate of drug-likeness (QED) is 0.122. The minimum absolute atomic E-state index is 0.0466. The molecule has 0 spiro atoms. The number of aliphatic hydroxyl groups is 3. The molecule has 16 heteroatoms. The number of nitrogens with one attached hydrogen (secondary N) is 1. The highest BCUT2D eigenvalue weighted by Crippen LogP contribution is 2.52. The van der Waals surface area contributed by atoms with Crippen LogP contribution in [-0.2, 0) is 35.1 Å². The molecule has 6 rings (SSSR count). The minimum Gasteiger partial charge on any atom is -0.507 e. The number of hydrogen-bond donors (Lipinski definition) is 6. The Bertz CT molecular complexity index is 1850. The number of phenols is 2. The van der Waals surface area contributed by atoms with Gasteiger partial charge in [-0.3, -0.25) is 33.7 Å². The molecule has 2 aromatic rings. The smallest absolute Gasteiger partial charge is 0.253 e. The van der Waals surface area contributed by atoms with Crippen LogP contribution in [0.3, 0.4) is 0 Å². The van der Waals surface area contributed by atoms with Gasteiger partial charge < -0.3 is 45.1 Å². The number of carbonyl (C=O) groups excluding carboxylic acids is 6. The van der Waals surface area contributed by atoms with Crippen molar-refractivity contribution in [1.29, 1.82) is 0 Å². The second-order valence-electron chi connectivity index (χ2n) is 12.6. The van der Waals surface area contributed by atoms with Crippen molar-refractivity contribution in [3.63, 3.8) is 0 Å². The number of rotatable bonds is 9. The Balaban J connectivity index is 1.33. The third-order valence-corrected chi connectivity index (χ3v) is 9.57. The van der Waals surface area contributed by atoms with Crippen LogP contribution in [0.25, 0.3) is 0 Å². The monoisotopic (exact) mass is 694 g/mol. The van der Waals surface area contributed by atoms with Crippen LogP contribution < -0.4 is 10.1 Å². The number of imide groups is 1. The van der Waals surface area contributed by atoms with E-state index < -0.39 is 113 Å². The fourth-order valence-electron chi connectivity index (χ4n) is 7.00. The van der Waals surface area contributed by atoms with Gasteiger partial charge in [0, 0.05) is 61.1 Å². The Morgan fingerprint density at radius 1 is 1.04 bits per heavy atom. The number of Topliss-reactive ketones (excluding diaryl/α,β-unsaturated/α-hetero) is 1. The van der Waals surface area contributed by atoms with Gasteiger partial charge in [0.1, 0.15) is 35.6 Å². The molecular weight excluding hydrogens is 660 g/mol. The van der Waals surface area contributed by atoms with Crippen LogP contribution in [0.4, 0.5) is 0 Å². The highest BCUT2D eigenvalue weighted by molar-refractivity contribution is 6.31. The molecule has 2 aromatic carbocycles. The maximum absolute atomic E-state index is 13.9. The van der Waals surface area contributed by atoms with E-state index in [9.17, 15) is 54.3 Å². The molecule has 16 nitrogen and oxygen atoms in total. The van der Waals surface area contributed by atoms with Gasteiger partial charge in [-0.2, -0.15) is 0 Å². The van der Waals surface area contributed by atoms with Crippen LogP contribution in [0.15, 0.2) is 30.4 Å². The van der Waals surface area contributed by atoms with Gasteiger partial charge in [0.2, 0.25) is 11.7 Å². The van der Waals surface area contributed by atoms with Crippen LogP contribution in [0.2, 0.25) is 0 Å². The first-order valence-electron chi connectivity index (χ1n) is 15.8. The topological polar surface area (TPSA) is 247 Å². The Labute approximate surface area is 283 Å². The second kappa shape index (κ2) is 13.0. The van der Waals surface area contributed by atoms with E-state index in [-0.39, 0.29) is 47.4 Å². The first-order valence-corrected chi connectivity index (χ1v) is 15.8. The van der Waals surface area contributed by atoms with Crippen molar-refractivity contribution in [2.75, 3.05) is 20.3 Å². The van der Waals surface area contributed by atoms with Gasteiger partial charge >= 0.3 is 0 Å². The number of phenolic OH excluding ortho intramolecular Hbond substituents is 2. The van der Waals surface area contributed by atoms with Crippen molar-refractivity contribution in [3.8, 4) is 17.2 Å². The van der Waals surface area contributed by atoms with Crippen molar-refractivity contribution in [2.45, 2.75) is 68.9 Å². The molecular formula is C34H34N2O14. The highest BCUT2D eigenvalue weighted by atomic mass is 16.7. The summed E-state index contributed by atoms with van der Waals surface area (Å²) in [5.74, 6) is -5.91. The molecule has 0 radical (unpaired) electrons. The number of ether oxygens (including phenoxy) is 3. The summed E-state index contributed by atoms with van der Waals surface area (Å²) in [5.41, 5.74) is -4.19. The SMILES string of the molecule is COc1cccc2c1C(=O)c1c(O)c3c(c(O)c1C2=O)C[C@](O)(C(=O)CO)C[C@@H]3O[C@@H]1C[C@H](NC(=O)CCN2C(=O)C=CC2=O)[C@H](O)[C@H](C)O1. The number of nitrogens with zero attached hydrogens (tertiary/aromatic N) is 1. The number of fused-ring (bicyclic) bond motifs is 3. The predicted molar refractivity (Wildman–Crippen MR) is 166 cm³/mol. The maximum Gasteiger partial charge on any atom is 0.253 e. The number of amides is 3. The standard InChI is InChI=1S/C34H34N2O14/c1-14-29(42)17(35-21(39)8-9-36-22(40)6-7-23(36)41)10-24(49-14)50-19-12-34(47,20(38)13-37)11-16-26(19)33(46)28-27(31(16)44)30(43)15-4-3-5-18(48-2)25(15)32(28)45/h3-7,14,17,19,24,29,37,42,44,46-47H,8-13H2,1-2H3,(H,35,39)/t14-,17-,19-,24+,29+,34+/m0/s1. The van der Waals surface area contributed by atoms with Crippen LogP contribution in [-0.4, -0.2) is 116 Å². The van der Waals surface area contributed by atoms with Crippen LogP contribution in [0.1, 0.15) is 75.3 Å². The van der Waals surface area contributed by atoms with E-state index in [1.54, 1.807) is 0 Å². The van der Waals surface area contributed by atoms with Crippen molar-refractivity contribution >= 4 is 35.1 Å². The van der Waals surface area contributed by atoms with Crippen LogP contribution >= 0.6 is 0 Å². The number of methoxy groups -OCH3 is 1. The zero-order chi connectivity index (χ0) is 36.2. The summed E-state index contributed by atoms with van der Waals surface area (Å²) in [7, 11) is 1.29. The van der Waals surface area contributed by atoms with Gasteiger partial charge in [0.25, 0.3) is 11.8 Å². The average Bonchev–Trinajstić information content (AvgIpc) is 3.41. The summed E-state index contributed by atoms with van der Waals surface area (Å²) in [5, 5.41) is 57.8. The third kappa shape index (κ3) is 5.74. The molecule has 6 atom stereocenters. The summed E-state index contributed by atoms with van der Waals surface area (Å²) in [6, 6.07) is 3.28. The van der Waals surface area contributed by atoms with E-state index >= 15 is 0 Å². The van der Waals surface area contributed by atoms with Crippen molar-refractivity contribution in [3.05, 3.63) is 63.7 Å². The summed E-state index contributed by atoms with van der Waals surface area (Å²) < 4.78 is 17.3. The molecule has 264 valence electrons. The van der Waals surface area contributed by atoms with Gasteiger partial charge in [-0.1, -0.05) is 12.1 Å². The van der Waals surface area contributed by atoms with E-state index in [0.717, 1.165) is 17.1 Å². The molecule has 4 aliphatic rings. The Kier molecular flexibility index (Phi) is 9.09. The molecule has 3 amide bonds. The molecule has 0 aromatic heterocycles. The number of aromatic hydroxyl groups is 2. The van der Waals surface area contributed by atoms with E-state index in [0.29, 0.717) is 0 Å². The highest BCUT2D eigenvalue weighted by Gasteiger charge is 2.50. The molecule has 2 aliphatic heterocycles. The summed E-state index contributed by atoms with van der Waals surface area (Å²) in [6.07, 6.45) is -4.55. The molecule has 50 heavy (non-hydrogen) atoms. The normalized spacial score (nSPS) is 27.1. The second-order valence-corrected chi connectivity index (χ2v) is 12.6. The number of aliphatic hydroxyl groups excluding tert-OH is 2. The molecule has 2 heterocycles. The lowest BCUT2D eigenvalue weighted by molar-refractivity contribution is -0.249. The molecule has 0 saturated carbocycles. The van der Waals surface area contributed by atoms with Gasteiger partial charge in [-0.05, 0) is 13.0 Å². The van der Waals surface area contributed by atoms with E-state index in [1.165, 1.54) is 32.2 Å². The Morgan fingerprint density at radius 3 is 2.38 bits per heavy atom. The zero-order valence-corrected chi connectivity index (χ0v) is 26.9. The van der Waals surface area contributed by atoms with Crippen LogP contribution in [0.5, 0.6) is 17.2 Å². The zero-order valence-electron chi connectivity index (χ0n) is 26.9. The number of benzene rings is 2. The first-order chi connectivity index (χ1) is 23.7. The molecule has 1 saturated heterocycles. The summed E-state index contributed by atoms with van der Waals surface area (Å²) in [4.78, 5) is 77.7. The minimum atomic E-state index is -2.36. The third-order valence-electron chi connectivity index (χ3n) is 9.57. The van der Waals surface area contributed by atoms with Crippen LogP contribution in [0, 0.1) is 0 Å². The van der Waals surface area contributed by atoms with Crippen molar-refractivity contribution in [2.24, 2.45) is 0 Å². The number of hydrogen-bond acceptors (Lipinski definition) is 14. The van der Waals surface area contributed by atoms with Crippen molar-refractivity contribution < 1.29 is 68.5 Å².